The summed E-state index contributed by atoms with van der Waals surface area (Å²) in [5, 5.41) is 4.30. The van der Waals surface area contributed by atoms with Crippen molar-refractivity contribution in [2.24, 2.45) is 0 Å². The zero-order valence-corrected chi connectivity index (χ0v) is 12.2. The fourth-order valence-electron chi connectivity index (χ4n) is 1.79. The van der Waals surface area contributed by atoms with Gasteiger partial charge in [-0.25, -0.2) is 4.68 Å². The highest BCUT2D eigenvalue weighted by Crippen LogP contribution is 2.29. The van der Waals surface area contributed by atoms with Crippen LogP contribution in [0.15, 0.2) is 6.20 Å². The zero-order valence-electron chi connectivity index (χ0n) is 11.4. The number of hydrogen-bond acceptors (Lipinski definition) is 4. The van der Waals surface area contributed by atoms with Crippen molar-refractivity contribution >= 4 is 11.4 Å². The van der Waals surface area contributed by atoms with E-state index in [4.69, 9.17) is 4.74 Å². The minimum absolute atomic E-state index is 0.0353. The van der Waals surface area contributed by atoms with Crippen LogP contribution in [0.5, 0.6) is 5.88 Å². The molecule has 6 heteroatoms. The average Bonchev–Trinajstić information content (AvgIpc) is 2.71. The van der Waals surface area contributed by atoms with Gasteiger partial charge in [0.1, 0.15) is 4.75 Å². The van der Waals surface area contributed by atoms with E-state index in [1.54, 1.807) is 6.20 Å². The second-order valence-corrected chi connectivity index (χ2v) is 7.55. The van der Waals surface area contributed by atoms with Gasteiger partial charge in [-0.2, -0.15) is 5.10 Å². The van der Waals surface area contributed by atoms with Gasteiger partial charge >= 0.3 is 0 Å². The summed E-state index contributed by atoms with van der Waals surface area (Å²) in [6.45, 7) is 9.46. The monoisotopic (exact) mass is 271 g/mol. The fraction of sp³-hybridized carbons (Fsp3) is 0.750. The first-order valence-corrected chi connectivity index (χ1v) is 7.41. The van der Waals surface area contributed by atoms with Crippen molar-refractivity contribution in [3.8, 4) is 5.88 Å². The molecule has 18 heavy (non-hydrogen) atoms. The van der Waals surface area contributed by atoms with Crippen LogP contribution in [-0.4, -0.2) is 25.7 Å². The van der Waals surface area contributed by atoms with E-state index in [1.165, 1.54) is 0 Å². The lowest BCUT2D eigenvalue weighted by atomic mass is 10.2. The van der Waals surface area contributed by atoms with E-state index in [0.29, 0.717) is 0 Å². The van der Waals surface area contributed by atoms with Gasteiger partial charge in [-0.05, 0) is 27.7 Å². The Balaban J connectivity index is 2.10. The van der Waals surface area contributed by atoms with Crippen molar-refractivity contribution in [2.75, 3.05) is 6.61 Å². The summed E-state index contributed by atoms with van der Waals surface area (Å²) >= 11 is -1.10. The van der Waals surface area contributed by atoms with Crippen molar-refractivity contribution in [3.63, 3.8) is 0 Å². The van der Waals surface area contributed by atoms with Crippen LogP contribution in [0.4, 0.5) is 0 Å². The number of hydrogen-bond donors (Lipinski definition) is 1. The first kappa shape index (κ1) is 13.7. The number of fused-ring (bicyclic) bond motifs is 1. The third-order valence-corrected chi connectivity index (χ3v) is 4.56. The quantitative estimate of drug-likeness (QED) is 0.851. The van der Waals surface area contributed by atoms with E-state index < -0.39 is 11.4 Å². The molecule has 0 saturated carbocycles. The largest absolute Gasteiger partial charge is 0.598 e. The summed E-state index contributed by atoms with van der Waals surface area (Å²) in [7, 11) is 0. The molecule has 102 valence electrons. The first-order chi connectivity index (χ1) is 8.39. The zero-order chi connectivity index (χ0) is 13.3. The van der Waals surface area contributed by atoms with E-state index in [0.717, 1.165) is 31.0 Å². The van der Waals surface area contributed by atoms with Gasteiger partial charge < -0.3 is 9.29 Å². The molecule has 5 nitrogen and oxygen atoms in total. The van der Waals surface area contributed by atoms with Crippen LogP contribution in [0, 0.1) is 0 Å². The number of aromatic nitrogens is 2. The summed E-state index contributed by atoms with van der Waals surface area (Å²) < 4.78 is 22.4. The molecule has 2 heterocycles. The van der Waals surface area contributed by atoms with Crippen molar-refractivity contribution in [3.05, 3.63) is 11.8 Å². The third kappa shape index (κ3) is 2.81. The molecular weight excluding hydrogens is 250 g/mol. The van der Waals surface area contributed by atoms with Gasteiger partial charge in [0.25, 0.3) is 0 Å². The molecule has 2 rings (SSSR count). The molecule has 0 fully saturated rings. The maximum atomic E-state index is 12.1. The van der Waals surface area contributed by atoms with Crippen molar-refractivity contribution in [1.82, 2.24) is 14.5 Å². The van der Waals surface area contributed by atoms with Crippen LogP contribution in [0.3, 0.4) is 0 Å². The van der Waals surface area contributed by atoms with Gasteiger partial charge in [-0.15, -0.1) is 4.72 Å². The van der Waals surface area contributed by atoms with Gasteiger partial charge in [0, 0.05) is 24.3 Å². The highest BCUT2D eigenvalue weighted by molar-refractivity contribution is 7.90. The normalized spacial score (nSPS) is 18.9. The number of nitrogens with one attached hydrogen (secondary N) is 1. The molecule has 0 radical (unpaired) electrons. The standard InChI is InChI=1S/C12H21N3O2S/c1-9(14-18(16)12(2,3)4)10-8-13-15-6-5-7-17-11(10)15/h8-9,14H,5-7H2,1-4H3/t9-,18+/m1/s1. The molecule has 0 bridgehead atoms. The second kappa shape index (κ2) is 5.11. The Morgan fingerprint density at radius 3 is 2.94 bits per heavy atom. The van der Waals surface area contributed by atoms with Gasteiger partial charge in [0.2, 0.25) is 5.88 Å². The van der Waals surface area contributed by atoms with E-state index in [2.05, 4.69) is 9.82 Å². The van der Waals surface area contributed by atoms with Gasteiger partial charge in [0.05, 0.1) is 24.4 Å². The first-order valence-electron chi connectivity index (χ1n) is 6.26. The molecule has 0 amide bonds. The molecule has 1 N–H and O–H groups in total. The Morgan fingerprint density at radius 2 is 2.28 bits per heavy atom. The topological polar surface area (TPSA) is 62.1 Å². The summed E-state index contributed by atoms with van der Waals surface area (Å²) in [6.07, 6.45) is 2.79. The number of nitrogens with zero attached hydrogens (tertiary/aromatic N) is 2. The Labute approximate surface area is 111 Å². The maximum Gasteiger partial charge on any atom is 0.216 e. The van der Waals surface area contributed by atoms with Gasteiger partial charge in [-0.1, -0.05) is 0 Å². The smallest absolute Gasteiger partial charge is 0.216 e. The Hall–Kier alpha value is -0.720. The lowest BCUT2D eigenvalue weighted by Gasteiger charge is -2.26. The lowest BCUT2D eigenvalue weighted by Crippen LogP contribution is -2.40. The van der Waals surface area contributed by atoms with Crippen LogP contribution in [0.25, 0.3) is 0 Å². The molecule has 0 saturated heterocycles. The van der Waals surface area contributed by atoms with E-state index in [9.17, 15) is 4.55 Å². The van der Waals surface area contributed by atoms with Gasteiger partial charge in [-0.3, -0.25) is 0 Å². The van der Waals surface area contributed by atoms with Crippen molar-refractivity contribution in [2.45, 2.75) is 51.4 Å². The highest BCUT2D eigenvalue weighted by Gasteiger charge is 2.30. The summed E-state index contributed by atoms with van der Waals surface area (Å²) in [5.74, 6) is 0.812. The molecule has 1 aliphatic rings. The highest BCUT2D eigenvalue weighted by atomic mass is 32.2. The van der Waals surface area contributed by atoms with Crippen molar-refractivity contribution < 1.29 is 9.29 Å². The Kier molecular flexibility index (Phi) is 3.89. The van der Waals surface area contributed by atoms with Gasteiger partial charge in [0.15, 0.2) is 0 Å². The molecule has 1 aliphatic heterocycles. The summed E-state index contributed by atoms with van der Waals surface area (Å²) in [6, 6.07) is -0.0353. The van der Waals surface area contributed by atoms with E-state index >= 15 is 0 Å². The molecule has 0 aliphatic carbocycles. The minimum atomic E-state index is -1.10. The summed E-state index contributed by atoms with van der Waals surface area (Å²) in [5.41, 5.74) is 0.979. The predicted molar refractivity (Wildman–Crippen MR) is 71.8 cm³/mol. The average molecular weight is 271 g/mol. The SMILES string of the molecule is C[C@@H](N[S@@+]([O-])C(C)(C)C)c1cnn2c1OCCC2. The molecule has 0 spiro atoms. The Bertz CT molecular complexity index is 414. The van der Waals surface area contributed by atoms with Crippen LogP contribution in [0.2, 0.25) is 0 Å². The molecule has 1 aromatic heterocycles. The predicted octanol–water partition coefficient (Wildman–Crippen LogP) is 1.78. The second-order valence-electron chi connectivity index (χ2n) is 5.55. The van der Waals surface area contributed by atoms with Crippen LogP contribution in [-0.2, 0) is 17.9 Å². The van der Waals surface area contributed by atoms with Crippen LogP contribution >= 0.6 is 0 Å². The minimum Gasteiger partial charge on any atom is -0.598 e. The number of rotatable bonds is 3. The fourth-order valence-corrected chi connectivity index (χ4v) is 2.59. The maximum absolute atomic E-state index is 12.1. The molecule has 1 aromatic rings. The van der Waals surface area contributed by atoms with E-state index in [-0.39, 0.29) is 10.8 Å². The Morgan fingerprint density at radius 1 is 1.56 bits per heavy atom. The number of ether oxygens (including phenoxy) is 1. The molecular formula is C12H21N3O2S. The molecule has 0 aromatic carbocycles. The molecule has 2 atom stereocenters. The lowest BCUT2D eigenvalue weighted by molar-refractivity contribution is 0.227. The van der Waals surface area contributed by atoms with Crippen LogP contribution < -0.4 is 9.46 Å². The van der Waals surface area contributed by atoms with E-state index in [1.807, 2.05) is 32.4 Å². The summed E-state index contributed by atoms with van der Waals surface area (Å²) in [4.78, 5) is 0. The van der Waals surface area contributed by atoms with Crippen molar-refractivity contribution in [1.29, 1.82) is 0 Å². The third-order valence-electron chi connectivity index (χ3n) is 2.88. The van der Waals surface area contributed by atoms with Crippen LogP contribution in [0.1, 0.15) is 45.7 Å². The number of aryl methyl sites for hydroxylation is 1. The molecule has 0 unspecified atom stereocenters.